The molecule has 0 radical (unpaired) electrons. The summed E-state index contributed by atoms with van der Waals surface area (Å²) in [6, 6.07) is 12.1. The molecule has 2 aliphatic rings. The minimum atomic E-state index is -0.903. The Bertz CT molecular complexity index is 497. The molecule has 0 amide bonds. The molecule has 112 valence electrons. The Hall–Kier alpha value is -1.41. The van der Waals surface area contributed by atoms with Crippen LogP contribution in [0.3, 0.4) is 0 Å². The molecule has 1 heterocycles. The Morgan fingerprint density at radius 3 is 2.29 bits per heavy atom. The minimum absolute atomic E-state index is 0.616. The maximum atomic E-state index is 9.54. The lowest BCUT2D eigenvalue weighted by atomic mass is 9.91. The van der Waals surface area contributed by atoms with Crippen LogP contribution in [0.15, 0.2) is 30.3 Å². The van der Waals surface area contributed by atoms with E-state index in [-0.39, 0.29) is 0 Å². The van der Waals surface area contributed by atoms with Gasteiger partial charge in [-0.1, -0.05) is 30.3 Å². The van der Waals surface area contributed by atoms with Gasteiger partial charge in [0.15, 0.2) is 0 Å². The van der Waals surface area contributed by atoms with Gasteiger partial charge in [-0.25, -0.2) is 0 Å². The van der Waals surface area contributed by atoms with Crippen LogP contribution in [0.1, 0.15) is 18.4 Å². The predicted octanol–water partition coefficient (Wildman–Crippen LogP) is 1.39. The molecule has 1 aromatic rings. The predicted molar refractivity (Wildman–Crippen MR) is 83.5 cm³/mol. The standard InChI is InChI=1S/C17H24N4/c18-13-17(19,16-4-2-1-3-5-16)14-21-10-8-20(9-11-21)12-15-6-7-15/h1-5,15H,6-12,14,19H2. The Morgan fingerprint density at radius 2 is 1.71 bits per heavy atom. The molecule has 0 spiro atoms. The lowest BCUT2D eigenvalue weighted by molar-refractivity contribution is 0.115. The molecular weight excluding hydrogens is 260 g/mol. The summed E-state index contributed by atoms with van der Waals surface area (Å²) in [5.74, 6) is 0.952. The van der Waals surface area contributed by atoms with Crippen LogP contribution < -0.4 is 5.73 Å². The third-order valence-corrected chi connectivity index (χ3v) is 4.64. The molecule has 21 heavy (non-hydrogen) atoms. The van der Waals surface area contributed by atoms with Gasteiger partial charge in [-0.05, 0) is 24.3 Å². The topological polar surface area (TPSA) is 56.3 Å². The number of nitrogens with zero attached hydrogens (tertiary/aromatic N) is 3. The van der Waals surface area contributed by atoms with Crippen molar-refractivity contribution in [1.29, 1.82) is 5.26 Å². The van der Waals surface area contributed by atoms with Gasteiger partial charge in [0.25, 0.3) is 0 Å². The van der Waals surface area contributed by atoms with Crippen molar-refractivity contribution in [1.82, 2.24) is 9.80 Å². The minimum Gasteiger partial charge on any atom is -0.309 e. The first-order valence-corrected chi connectivity index (χ1v) is 7.90. The Labute approximate surface area is 127 Å². The second-order valence-corrected chi connectivity index (χ2v) is 6.47. The molecule has 2 fully saturated rings. The molecule has 4 nitrogen and oxygen atoms in total. The van der Waals surface area contributed by atoms with Crippen LogP contribution in [0, 0.1) is 17.2 Å². The van der Waals surface area contributed by atoms with Crippen molar-refractivity contribution in [2.24, 2.45) is 11.7 Å². The van der Waals surface area contributed by atoms with Crippen LogP contribution in [0.4, 0.5) is 0 Å². The van der Waals surface area contributed by atoms with E-state index in [2.05, 4.69) is 15.9 Å². The summed E-state index contributed by atoms with van der Waals surface area (Å²) in [4.78, 5) is 4.89. The van der Waals surface area contributed by atoms with Gasteiger partial charge in [0, 0.05) is 39.3 Å². The normalized spacial score (nSPS) is 23.4. The fourth-order valence-corrected chi connectivity index (χ4v) is 3.08. The van der Waals surface area contributed by atoms with Gasteiger partial charge < -0.3 is 10.6 Å². The Kier molecular flexibility index (Phi) is 4.25. The second-order valence-electron chi connectivity index (χ2n) is 6.47. The third kappa shape index (κ3) is 3.62. The molecule has 3 rings (SSSR count). The maximum Gasteiger partial charge on any atom is 0.142 e. The number of nitriles is 1. The van der Waals surface area contributed by atoms with Gasteiger partial charge in [-0.2, -0.15) is 5.26 Å². The van der Waals surface area contributed by atoms with E-state index in [0.717, 1.165) is 37.7 Å². The fraction of sp³-hybridized carbons (Fsp3) is 0.588. The maximum absolute atomic E-state index is 9.54. The number of benzene rings is 1. The van der Waals surface area contributed by atoms with Gasteiger partial charge in [0.05, 0.1) is 6.07 Å². The van der Waals surface area contributed by atoms with Crippen molar-refractivity contribution in [2.75, 3.05) is 39.3 Å². The number of hydrogen-bond donors (Lipinski definition) is 1. The Balaban J connectivity index is 1.56. The molecule has 1 atom stereocenters. The molecule has 1 saturated carbocycles. The van der Waals surface area contributed by atoms with E-state index in [9.17, 15) is 5.26 Å². The molecule has 1 aromatic carbocycles. The summed E-state index contributed by atoms with van der Waals surface area (Å²) in [6.07, 6.45) is 2.82. The van der Waals surface area contributed by atoms with E-state index in [1.807, 2.05) is 30.3 Å². The van der Waals surface area contributed by atoms with Crippen molar-refractivity contribution in [3.8, 4) is 6.07 Å². The first-order chi connectivity index (χ1) is 10.2. The summed E-state index contributed by atoms with van der Waals surface area (Å²) in [7, 11) is 0. The molecule has 1 aliphatic carbocycles. The van der Waals surface area contributed by atoms with Crippen molar-refractivity contribution in [3.05, 3.63) is 35.9 Å². The molecule has 0 bridgehead atoms. The number of rotatable bonds is 5. The first kappa shape index (κ1) is 14.5. The highest BCUT2D eigenvalue weighted by Gasteiger charge is 2.32. The summed E-state index contributed by atoms with van der Waals surface area (Å²) < 4.78 is 0. The van der Waals surface area contributed by atoms with Crippen LogP contribution >= 0.6 is 0 Å². The monoisotopic (exact) mass is 284 g/mol. The van der Waals surface area contributed by atoms with Crippen LogP contribution in [0.5, 0.6) is 0 Å². The highest BCUT2D eigenvalue weighted by atomic mass is 15.3. The summed E-state index contributed by atoms with van der Waals surface area (Å²) >= 11 is 0. The molecule has 0 aromatic heterocycles. The highest BCUT2D eigenvalue weighted by Crippen LogP contribution is 2.30. The van der Waals surface area contributed by atoms with Crippen LogP contribution in [0.2, 0.25) is 0 Å². The SMILES string of the molecule is N#CC(N)(CN1CCN(CC2CC2)CC1)c1ccccc1. The summed E-state index contributed by atoms with van der Waals surface area (Å²) in [5.41, 5.74) is 6.37. The molecule has 1 unspecified atom stereocenters. The van der Waals surface area contributed by atoms with Gasteiger partial charge in [0.1, 0.15) is 5.54 Å². The summed E-state index contributed by atoms with van der Waals surface area (Å²) in [6.45, 7) is 6.11. The molecule has 4 heteroatoms. The van der Waals surface area contributed by atoms with Crippen molar-refractivity contribution < 1.29 is 0 Å². The zero-order valence-electron chi connectivity index (χ0n) is 12.5. The van der Waals surface area contributed by atoms with Crippen molar-refractivity contribution >= 4 is 0 Å². The number of nitrogens with two attached hydrogens (primary N) is 1. The van der Waals surface area contributed by atoms with Gasteiger partial charge in [-0.15, -0.1) is 0 Å². The molecular formula is C17H24N4. The first-order valence-electron chi connectivity index (χ1n) is 7.90. The molecule has 1 saturated heterocycles. The van der Waals surface area contributed by atoms with Gasteiger partial charge in [0.2, 0.25) is 0 Å². The highest BCUT2D eigenvalue weighted by molar-refractivity contribution is 5.31. The van der Waals surface area contributed by atoms with E-state index in [0.29, 0.717) is 6.54 Å². The lowest BCUT2D eigenvalue weighted by Gasteiger charge is -2.38. The van der Waals surface area contributed by atoms with E-state index in [1.165, 1.54) is 19.4 Å². The van der Waals surface area contributed by atoms with E-state index >= 15 is 0 Å². The van der Waals surface area contributed by atoms with Gasteiger partial charge in [-0.3, -0.25) is 4.90 Å². The second kappa shape index (κ2) is 6.15. The molecule has 2 N–H and O–H groups in total. The summed E-state index contributed by atoms with van der Waals surface area (Å²) in [5, 5.41) is 9.54. The quantitative estimate of drug-likeness (QED) is 0.888. The van der Waals surface area contributed by atoms with Crippen LogP contribution in [0.25, 0.3) is 0 Å². The zero-order chi connectivity index (χ0) is 14.7. The average molecular weight is 284 g/mol. The van der Waals surface area contributed by atoms with Crippen LogP contribution in [-0.4, -0.2) is 49.1 Å². The van der Waals surface area contributed by atoms with Crippen LogP contribution in [-0.2, 0) is 5.54 Å². The van der Waals surface area contributed by atoms with E-state index in [1.54, 1.807) is 0 Å². The van der Waals surface area contributed by atoms with Crippen molar-refractivity contribution in [2.45, 2.75) is 18.4 Å². The zero-order valence-corrected chi connectivity index (χ0v) is 12.5. The van der Waals surface area contributed by atoms with E-state index in [4.69, 9.17) is 5.73 Å². The van der Waals surface area contributed by atoms with Crippen molar-refractivity contribution in [3.63, 3.8) is 0 Å². The Morgan fingerprint density at radius 1 is 1.10 bits per heavy atom. The molecule has 1 aliphatic heterocycles. The smallest absolute Gasteiger partial charge is 0.142 e. The average Bonchev–Trinajstić information content (AvgIpc) is 3.34. The largest absolute Gasteiger partial charge is 0.309 e. The van der Waals surface area contributed by atoms with Gasteiger partial charge >= 0.3 is 0 Å². The lowest BCUT2D eigenvalue weighted by Crippen LogP contribution is -2.53. The number of piperazine rings is 1. The number of hydrogen-bond acceptors (Lipinski definition) is 4. The third-order valence-electron chi connectivity index (χ3n) is 4.64. The fourth-order valence-electron chi connectivity index (χ4n) is 3.08. The van der Waals surface area contributed by atoms with E-state index < -0.39 is 5.54 Å².